The van der Waals surface area contributed by atoms with Crippen LogP contribution in [-0.2, 0) is 14.6 Å². The Labute approximate surface area is 119 Å². The third-order valence-corrected chi connectivity index (χ3v) is 5.30. The van der Waals surface area contributed by atoms with Gasteiger partial charge in [-0.1, -0.05) is 6.92 Å². The van der Waals surface area contributed by atoms with Crippen molar-refractivity contribution in [1.29, 1.82) is 0 Å². The molecule has 116 valence electrons. The highest BCUT2D eigenvalue weighted by atomic mass is 32.2. The fourth-order valence-corrected chi connectivity index (χ4v) is 3.82. The monoisotopic (exact) mass is 306 g/mol. The van der Waals surface area contributed by atoms with Crippen LogP contribution in [0.15, 0.2) is 0 Å². The minimum Gasteiger partial charge on any atom is -0.480 e. The summed E-state index contributed by atoms with van der Waals surface area (Å²) in [6.07, 6.45) is 1.76. The Morgan fingerprint density at radius 1 is 1.45 bits per heavy atom. The first-order valence-corrected chi connectivity index (χ1v) is 8.56. The zero-order chi connectivity index (χ0) is 15.3. The first kappa shape index (κ1) is 16.7. The number of hydrogen-bond acceptors (Lipinski definition) is 4. The van der Waals surface area contributed by atoms with Crippen molar-refractivity contribution in [2.75, 3.05) is 18.1 Å². The largest absolute Gasteiger partial charge is 0.480 e. The molecule has 20 heavy (non-hydrogen) atoms. The van der Waals surface area contributed by atoms with Gasteiger partial charge in [0.2, 0.25) is 0 Å². The average Bonchev–Trinajstić information content (AvgIpc) is 2.33. The molecule has 2 amide bonds. The van der Waals surface area contributed by atoms with Gasteiger partial charge in [-0.05, 0) is 26.2 Å². The maximum absolute atomic E-state index is 12.1. The summed E-state index contributed by atoms with van der Waals surface area (Å²) in [5.41, 5.74) is 0. The van der Waals surface area contributed by atoms with E-state index in [1.54, 1.807) is 6.92 Å². The van der Waals surface area contributed by atoms with E-state index in [9.17, 15) is 18.0 Å². The zero-order valence-corrected chi connectivity index (χ0v) is 12.6. The molecular formula is C12H22N2O5S. The minimum absolute atomic E-state index is 0.0693. The molecule has 0 spiro atoms. The summed E-state index contributed by atoms with van der Waals surface area (Å²) in [6.45, 7) is 3.23. The van der Waals surface area contributed by atoms with E-state index >= 15 is 0 Å². The molecule has 2 unspecified atom stereocenters. The molecule has 2 atom stereocenters. The van der Waals surface area contributed by atoms with Crippen LogP contribution in [0.3, 0.4) is 0 Å². The second-order valence-corrected chi connectivity index (χ2v) is 7.41. The van der Waals surface area contributed by atoms with E-state index in [1.807, 2.05) is 6.92 Å². The Morgan fingerprint density at radius 3 is 2.60 bits per heavy atom. The van der Waals surface area contributed by atoms with Crippen LogP contribution in [0.25, 0.3) is 0 Å². The normalized spacial score (nSPS) is 22.8. The van der Waals surface area contributed by atoms with Crippen LogP contribution < -0.4 is 5.32 Å². The molecule has 8 heteroatoms. The third kappa shape index (κ3) is 4.99. The molecule has 0 aromatic rings. The highest BCUT2D eigenvalue weighted by molar-refractivity contribution is 7.91. The van der Waals surface area contributed by atoms with Crippen molar-refractivity contribution in [3.8, 4) is 0 Å². The van der Waals surface area contributed by atoms with Gasteiger partial charge in [0.25, 0.3) is 0 Å². The number of carboxylic acid groups (broad SMARTS) is 1. The third-order valence-electron chi connectivity index (χ3n) is 3.48. The number of sulfone groups is 1. The summed E-state index contributed by atoms with van der Waals surface area (Å²) in [5.74, 6) is -0.999. The lowest BCUT2D eigenvalue weighted by Crippen LogP contribution is -2.52. The van der Waals surface area contributed by atoms with Gasteiger partial charge in [-0.15, -0.1) is 0 Å². The quantitative estimate of drug-likeness (QED) is 0.768. The van der Waals surface area contributed by atoms with Crippen molar-refractivity contribution in [3.05, 3.63) is 0 Å². The Morgan fingerprint density at radius 2 is 2.10 bits per heavy atom. The van der Waals surface area contributed by atoms with E-state index in [0.29, 0.717) is 19.3 Å². The van der Waals surface area contributed by atoms with Crippen LogP contribution in [0.5, 0.6) is 0 Å². The molecule has 1 rings (SSSR count). The summed E-state index contributed by atoms with van der Waals surface area (Å²) in [4.78, 5) is 24.2. The summed E-state index contributed by atoms with van der Waals surface area (Å²) >= 11 is 0. The standard InChI is InChI=1S/C12H22N2O5S/c1-3-9(2)14(7-11(15)16)12(17)13-10-5-4-6-20(18,19)8-10/h9-10H,3-8H2,1-2H3,(H,13,17)(H,15,16). The van der Waals surface area contributed by atoms with Gasteiger partial charge in [-0.25, -0.2) is 13.2 Å². The van der Waals surface area contributed by atoms with E-state index in [4.69, 9.17) is 5.11 Å². The number of hydrogen-bond donors (Lipinski definition) is 2. The lowest BCUT2D eigenvalue weighted by Gasteiger charge is -2.30. The van der Waals surface area contributed by atoms with Gasteiger partial charge in [0.1, 0.15) is 6.54 Å². The predicted molar refractivity (Wildman–Crippen MR) is 74.3 cm³/mol. The molecule has 1 aliphatic heterocycles. The van der Waals surface area contributed by atoms with Crippen LogP contribution in [0, 0.1) is 0 Å². The number of amides is 2. The van der Waals surface area contributed by atoms with Crippen molar-refractivity contribution >= 4 is 21.8 Å². The maximum Gasteiger partial charge on any atom is 0.323 e. The van der Waals surface area contributed by atoms with Gasteiger partial charge in [0.05, 0.1) is 11.5 Å². The fourth-order valence-electron chi connectivity index (χ4n) is 2.19. The van der Waals surface area contributed by atoms with E-state index in [1.165, 1.54) is 4.90 Å². The molecule has 0 aromatic heterocycles. The Bertz CT molecular complexity index is 462. The molecule has 1 saturated heterocycles. The predicted octanol–water partition coefficient (Wildman–Crippen LogP) is 0.458. The highest BCUT2D eigenvalue weighted by Crippen LogP contribution is 2.13. The lowest BCUT2D eigenvalue weighted by atomic mass is 10.2. The molecule has 0 radical (unpaired) electrons. The van der Waals surface area contributed by atoms with Crippen LogP contribution in [0.4, 0.5) is 4.79 Å². The molecule has 0 saturated carbocycles. The van der Waals surface area contributed by atoms with Gasteiger partial charge < -0.3 is 15.3 Å². The van der Waals surface area contributed by atoms with Gasteiger partial charge in [-0.3, -0.25) is 4.79 Å². The van der Waals surface area contributed by atoms with Gasteiger partial charge >= 0.3 is 12.0 Å². The Hall–Kier alpha value is -1.31. The van der Waals surface area contributed by atoms with Crippen LogP contribution in [0.2, 0.25) is 0 Å². The first-order valence-electron chi connectivity index (χ1n) is 6.74. The number of carbonyl (C=O) groups is 2. The number of carboxylic acids is 1. The van der Waals surface area contributed by atoms with Crippen molar-refractivity contribution in [2.24, 2.45) is 0 Å². The molecule has 1 aliphatic rings. The fraction of sp³-hybridized carbons (Fsp3) is 0.833. The van der Waals surface area contributed by atoms with Crippen molar-refractivity contribution in [1.82, 2.24) is 10.2 Å². The van der Waals surface area contributed by atoms with Crippen molar-refractivity contribution in [2.45, 2.75) is 45.2 Å². The first-order chi connectivity index (χ1) is 9.25. The van der Waals surface area contributed by atoms with E-state index < -0.39 is 27.9 Å². The van der Waals surface area contributed by atoms with E-state index in [2.05, 4.69) is 5.32 Å². The molecule has 0 aliphatic carbocycles. The topological polar surface area (TPSA) is 104 Å². The summed E-state index contributed by atoms with van der Waals surface area (Å²) in [7, 11) is -3.10. The smallest absolute Gasteiger partial charge is 0.323 e. The van der Waals surface area contributed by atoms with E-state index in [-0.39, 0.29) is 24.1 Å². The molecule has 2 N–H and O–H groups in total. The molecule has 0 bridgehead atoms. The maximum atomic E-state index is 12.1. The number of nitrogens with one attached hydrogen (secondary N) is 1. The number of carbonyl (C=O) groups excluding carboxylic acids is 1. The van der Waals surface area contributed by atoms with Gasteiger partial charge in [-0.2, -0.15) is 0 Å². The Balaban J connectivity index is 2.68. The minimum atomic E-state index is -3.10. The summed E-state index contributed by atoms with van der Waals surface area (Å²) in [5, 5.41) is 11.5. The van der Waals surface area contributed by atoms with Crippen LogP contribution in [0.1, 0.15) is 33.1 Å². The van der Waals surface area contributed by atoms with Crippen LogP contribution >= 0.6 is 0 Å². The van der Waals surface area contributed by atoms with Gasteiger partial charge in [0, 0.05) is 12.1 Å². The summed E-state index contributed by atoms with van der Waals surface area (Å²) in [6, 6.07) is -1.16. The molecule has 1 fully saturated rings. The van der Waals surface area contributed by atoms with Crippen LogP contribution in [-0.4, -0.2) is 60.6 Å². The number of aliphatic carboxylic acids is 1. The number of nitrogens with zero attached hydrogens (tertiary/aromatic N) is 1. The highest BCUT2D eigenvalue weighted by Gasteiger charge is 2.29. The average molecular weight is 306 g/mol. The lowest BCUT2D eigenvalue weighted by molar-refractivity contribution is -0.138. The van der Waals surface area contributed by atoms with Gasteiger partial charge in [0.15, 0.2) is 9.84 Å². The second kappa shape index (κ2) is 6.92. The molecular weight excluding hydrogens is 284 g/mol. The molecule has 0 aromatic carbocycles. The van der Waals surface area contributed by atoms with Crippen molar-refractivity contribution in [3.63, 3.8) is 0 Å². The number of rotatable bonds is 5. The summed E-state index contributed by atoms with van der Waals surface area (Å²) < 4.78 is 23.0. The Kier molecular flexibility index (Phi) is 5.79. The zero-order valence-electron chi connectivity index (χ0n) is 11.8. The molecule has 1 heterocycles. The number of urea groups is 1. The van der Waals surface area contributed by atoms with E-state index in [0.717, 1.165) is 0 Å². The SMILES string of the molecule is CCC(C)N(CC(=O)O)C(=O)NC1CCCS(=O)(=O)C1. The van der Waals surface area contributed by atoms with Crippen molar-refractivity contribution < 1.29 is 23.1 Å². The molecule has 7 nitrogen and oxygen atoms in total. The second-order valence-electron chi connectivity index (χ2n) is 5.18.